The molecular weight excluding hydrogens is 400 g/mol. The van der Waals surface area contributed by atoms with Crippen molar-refractivity contribution in [3.05, 3.63) is 60.7 Å². The number of anilines is 2. The third-order valence-corrected chi connectivity index (χ3v) is 4.54. The van der Waals surface area contributed by atoms with Crippen LogP contribution >= 0.6 is 31.9 Å². The molecule has 106 valence electrons. The van der Waals surface area contributed by atoms with E-state index in [1.54, 1.807) is 36.4 Å². The highest BCUT2D eigenvalue weighted by Crippen LogP contribution is 2.43. The van der Waals surface area contributed by atoms with Gasteiger partial charge in [-0.2, -0.15) is 0 Å². The summed E-state index contributed by atoms with van der Waals surface area (Å²) in [6.07, 6.45) is 0. The van der Waals surface area contributed by atoms with Crippen molar-refractivity contribution in [2.24, 2.45) is 0 Å². The SMILES string of the molecule is O=C1N(c2ccccc2)C(=O)C(Br)(Br)N1c1ccccc1. The Kier molecular flexibility index (Phi) is 3.59. The van der Waals surface area contributed by atoms with Crippen LogP contribution in [0.25, 0.3) is 0 Å². The molecular formula is C15H10Br2N2O2. The van der Waals surface area contributed by atoms with E-state index < -0.39 is 9.39 Å². The number of carbonyl (C=O) groups is 2. The molecule has 1 heterocycles. The van der Waals surface area contributed by atoms with Crippen LogP contribution in [0.5, 0.6) is 0 Å². The highest BCUT2D eigenvalue weighted by molar-refractivity contribution is 9.26. The van der Waals surface area contributed by atoms with Crippen LogP contribution in [0.3, 0.4) is 0 Å². The largest absolute Gasteiger partial charge is 0.338 e. The second-order valence-corrected chi connectivity index (χ2v) is 7.83. The molecule has 0 atom stereocenters. The highest BCUT2D eigenvalue weighted by atomic mass is 79.9. The van der Waals surface area contributed by atoms with Gasteiger partial charge < -0.3 is 0 Å². The van der Waals surface area contributed by atoms with Gasteiger partial charge in [-0.15, -0.1) is 0 Å². The van der Waals surface area contributed by atoms with Gasteiger partial charge in [0.1, 0.15) is 0 Å². The third-order valence-electron chi connectivity index (χ3n) is 3.15. The van der Waals surface area contributed by atoms with Crippen molar-refractivity contribution in [3.63, 3.8) is 0 Å². The number of amides is 3. The molecule has 2 aromatic rings. The van der Waals surface area contributed by atoms with E-state index in [2.05, 4.69) is 31.9 Å². The lowest BCUT2D eigenvalue weighted by Gasteiger charge is -2.23. The fraction of sp³-hybridized carbons (Fsp3) is 0.0667. The zero-order valence-corrected chi connectivity index (χ0v) is 13.9. The fourth-order valence-corrected chi connectivity index (χ4v) is 3.26. The highest BCUT2D eigenvalue weighted by Gasteiger charge is 2.56. The molecule has 2 aromatic carbocycles. The van der Waals surface area contributed by atoms with Crippen LogP contribution in [0.15, 0.2) is 60.7 Å². The number of carbonyl (C=O) groups excluding carboxylic acids is 2. The van der Waals surface area contributed by atoms with Crippen molar-refractivity contribution >= 4 is 55.2 Å². The molecule has 1 saturated heterocycles. The third kappa shape index (κ3) is 2.28. The maximum absolute atomic E-state index is 12.7. The lowest BCUT2D eigenvalue weighted by atomic mass is 10.3. The summed E-state index contributed by atoms with van der Waals surface area (Å²) >= 11 is 6.64. The Hall–Kier alpha value is -1.66. The maximum atomic E-state index is 12.7. The average molecular weight is 410 g/mol. The van der Waals surface area contributed by atoms with E-state index in [1.165, 1.54) is 4.90 Å². The first kappa shape index (κ1) is 14.3. The Labute approximate surface area is 138 Å². The minimum Gasteiger partial charge on any atom is -0.269 e. The molecule has 1 fully saturated rings. The summed E-state index contributed by atoms with van der Waals surface area (Å²) in [7, 11) is 0. The molecule has 0 aromatic heterocycles. The van der Waals surface area contributed by atoms with Crippen LogP contribution in [0.4, 0.5) is 16.2 Å². The van der Waals surface area contributed by atoms with E-state index in [1.807, 2.05) is 24.3 Å². The normalized spacial score (nSPS) is 17.4. The van der Waals surface area contributed by atoms with Crippen molar-refractivity contribution in [2.45, 2.75) is 3.36 Å². The molecule has 0 spiro atoms. The molecule has 3 rings (SSSR count). The fourth-order valence-electron chi connectivity index (χ4n) is 2.19. The first-order valence-electron chi connectivity index (χ1n) is 6.20. The van der Waals surface area contributed by atoms with Gasteiger partial charge in [0.2, 0.25) is 3.36 Å². The minimum absolute atomic E-state index is 0.387. The quantitative estimate of drug-likeness (QED) is 0.425. The lowest BCUT2D eigenvalue weighted by molar-refractivity contribution is -0.116. The second-order valence-electron chi connectivity index (χ2n) is 4.47. The van der Waals surface area contributed by atoms with Crippen LogP contribution in [0, 0.1) is 0 Å². The van der Waals surface area contributed by atoms with E-state index in [9.17, 15) is 9.59 Å². The summed E-state index contributed by atoms with van der Waals surface area (Å²) in [6, 6.07) is 17.5. The maximum Gasteiger partial charge on any atom is 0.338 e. The Morgan fingerprint density at radius 2 is 1.24 bits per heavy atom. The Bertz CT molecular complexity index is 689. The molecule has 0 aliphatic carbocycles. The number of rotatable bonds is 2. The monoisotopic (exact) mass is 408 g/mol. The van der Waals surface area contributed by atoms with Crippen molar-refractivity contribution in [1.82, 2.24) is 0 Å². The van der Waals surface area contributed by atoms with Gasteiger partial charge >= 0.3 is 6.03 Å². The number of imide groups is 1. The number of hydrogen-bond donors (Lipinski definition) is 0. The van der Waals surface area contributed by atoms with Crippen LogP contribution in [0.1, 0.15) is 0 Å². The smallest absolute Gasteiger partial charge is 0.269 e. The van der Waals surface area contributed by atoms with Crippen LogP contribution < -0.4 is 9.80 Å². The molecule has 3 amide bonds. The van der Waals surface area contributed by atoms with E-state index in [-0.39, 0.29) is 5.91 Å². The number of benzene rings is 2. The number of nitrogens with zero attached hydrogens (tertiary/aromatic N) is 2. The van der Waals surface area contributed by atoms with Crippen molar-refractivity contribution in [3.8, 4) is 0 Å². The topological polar surface area (TPSA) is 40.6 Å². The molecule has 0 bridgehead atoms. The molecule has 0 saturated carbocycles. The summed E-state index contributed by atoms with van der Waals surface area (Å²) in [6.45, 7) is 0. The summed E-state index contributed by atoms with van der Waals surface area (Å²) in [5.41, 5.74) is 1.16. The first-order valence-corrected chi connectivity index (χ1v) is 7.79. The molecule has 4 nitrogen and oxygen atoms in total. The van der Waals surface area contributed by atoms with Crippen LogP contribution in [0.2, 0.25) is 0 Å². The molecule has 0 N–H and O–H groups in total. The van der Waals surface area contributed by atoms with Crippen molar-refractivity contribution in [1.29, 1.82) is 0 Å². The lowest BCUT2D eigenvalue weighted by Crippen LogP contribution is -2.38. The molecule has 0 radical (unpaired) electrons. The molecule has 21 heavy (non-hydrogen) atoms. The van der Waals surface area contributed by atoms with Gasteiger partial charge in [0.05, 0.1) is 5.69 Å². The molecule has 1 aliphatic heterocycles. The number of halogens is 2. The number of alkyl halides is 2. The van der Waals surface area contributed by atoms with E-state index in [0.29, 0.717) is 11.4 Å². The number of hydrogen-bond acceptors (Lipinski definition) is 2. The minimum atomic E-state index is -1.28. The van der Waals surface area contributed by atoms with E-state index in [0.717, 1.165) is 4.90 Å². The van der Waals surface area contributed by atoms with Gasteiger partial charge in [0, 0.05) is 5.69 Å². The Morgan fingerprint density at radius 1 is 0.762 bits per heavy atom. The van der Waals surface area contributed by atoms with Gasteiger partial charge in [-0.3, -0.25) is 9.69 Å². The summed E-state index contributed by atoms with van der Waals surface area (Å²) < 4.78 is -1.28. The van der Waals surface area contributed by atoms with Gasteiger partial charge in [-0.1, -0.05) is 36.4 Å². The number of urea groups is 1. The predicted molar refractivity (Wildman–Crippen MR) is 88.8 cm³/mol. The summed E-state index contributed by atoms with van der Waals surface area (Å²) in [5.74, 6) is -0.387. The summed E-state index contributed by atoms with van der Waals surface area (Å²) in [5, 5.41) is 0. The van der Waals surface area contributed by atoms with Crippen molar-refractivity contribution < 1.29 is 9.59 Å². The van der Waals surface area contributed by atoms with Gasteiger partial charge in [0.25, 0.3) is 5.91 Å². The Morgan fingerprint density at radius 3 is 1.76 bits per heavy atom. The first-order chi connectivity index (χ1) is 10.0. The summed E-state index contributed by atoms with van der Waals surface area (Å²) in [4.78, 5) is 27.8. The van der Waals surface area contributed by atoms with Gasteiger partial charge in [-0.05, 0) is 56.1 Å². The standard InChI is InChI=1S/C15H10Br2N2O2/c16-15(17)13(20)18(11-7-3-1-4-8-11)14(21)19(15)12-9-5-2-6-10-12/h1-10H. The zero-order chi connectivity index (χ0) is 15.0. The van der Waals surface area contributed by atoms with Crippen molar-refractivity contribution in [2.75, 3.05) is 9.80 Å². The van der Waals surface area contributed by atoms with E-state index in [4.69, 9.17) is 0 Å². The van der Waals surface area contributed by atoms with Gasteiger partial charge in [-0.25, -0.2) is 9.69 Å². The molecule has 1 aliphatic rings. The van der Waals surface area contributed by atoms with Crippen LogP contribution in [-0.4, -0.2) is 15.3 Å². The predicted octanol–water partition coefficient (Wildman–Crippen LogP) is 4.10. The van der Waals surface area contributed by atoms with Crippen LogP contribution in [-0.2, 0) is 4.79 Å². The van der Waals surface area contributed by atoms with E-state index >= 15 is 0 Å². The zero-order valence-electron chi connectivity index (χ0n) is 10.7. The molecule has 6 heteroatoms. The average Bonchev–Trinajstić information content (AvgIpc) is 2.67. The van der Waals surface area contributed by atoms with Gasteiger partial charge in [0.15, 0.2) is 0 Å². The Balaban J connectivity index is 2.08. The molecule has 0 unspecified atom stereocenters. The second kappa shape index (κ2) is 5.27. The number of para-hydroxylation sites is 2.